The third-order valence-electron chi connectivity index (χ3n) is 2.92. The molecule has 0 bridgehead atoms. The Kier molecular flexibility index (Phi) is 5.79. The van der Waals surface area contributed by atoms with Crippen molar-refractivity contribution < 1.29 is 9.59 Å². The van der Waals surface area contributed by atoms with Crippen LogP contribution < -0.4 is 10.4 Å². The summed E-state index contributed by atoms with van der Waals surface area (Å²) in [7, 11) is 0. The minimum Gasteiger partial charge on any atom is -0.272 e. The minimum absolute atomic E-state index is 0.144. The van der Waals surface area contributed by atoms with Crippen LogP contribution in [0.4, 0.5) is 5.69 Å². The number of hydrazine groups is 1. The summed E-state index contributed by atoms with van der Waals surface area (Å²) in [4.78, 5) is 23.8. The maximum absolute atomic E-state index is 12.1. The van der Waals surface area contributed by atoms with Crippen LogP contribution in [0.5, 0.6) is 0 Å². The van der Waals surface area contributed by atoms with Crippen LogP contribution in [0.3, 0.4) is 0 Å². The molecule has 102 valence electrons. The predicted molar refractivity (Wildman–Crippen MR) is 76.3 cm³/mol. The van der Waals surface area contributed by atoms with Gasteiger partial charge in [-0.1, -0.05) is 38.0 Å². The van der Waals surface area contributed by atoms with Crippen molar-refractivity contribution in [2.45, 2.75) is 26.2 Å². The summed E-state index contributed by atoms with van der Waals surface area (Å²) >= 11 is 0. The van der Waals surface area contributed by atoms with Crippen LogP contribution in [-0.4, -0.2) is 11.8 Å². The summed E-state index contributed by atoms with van der Waals surface area (Å²) in [6, 6.07) is 9.17. The van der Waals surface area contributed by atoms with Crippen molar-refractivity contribution in [2.24, 2.45) is 5.92 Å². The van der Waals surface area contributed by atoms with Crippen LogP contribution in [0.15, 0.2) is 43.5 Å². The van der Waals surface area contributed by atoms with E-state index in [2.05, 4.69) is 18.6 Å². The number of para-hydroxylation sites is 1. The Balaban J connectivity index is 0.000000861. The van der Waals surface area contributed by atoms with Crippen LogP contribution in [0.25, 0.3) is 0 Å². The highest BCUT2D eigenvalue weighted by atomic mass is 16.2. The number of carbonyl (C=O) groups excluding carboxylic acids is 2. The van der Waals surface area contributed by atoms with Gasteiger partial charge in [0.2, 0.25) is 0 Å². The van der Waals surface area contributed by atoms with Gasteiger partial charge in [-0.15, -0.1) is 13.2 Å². The van der Waals surface area contributed by atoms with E-state index in [-0.39, 0.29) is 11.8 Å². The van der Waals surface area contributed by atoms with Gasteiger partial charge in [0.15, 0.2) is 0 Å². The number of anilines is 1. The summed E-state index contributed by atoms with van der Waals surface area (Å²) in [6.45, 7) is 8.05. The highest BCUT2D eigenvalue weighted by molar-refractivity contribution is 6.14. The van der Waals surface area contributed by atoms with Crippen molar-refractivity contribution in [1.29, 1.82) is 0 Å². The molecule has 4 heteroatoms. The van der Waals surface area contributed by atoms with Gasteiger partial charge in [0.1, 0.15) is 5.92 Å². The van der Waals surface area contributed by atoms with Crippen molar-refractivity contribution in [3.05, 3.63) is 43.5 Å². The Bertz CT molecular complexity index is 431. The van der Waals surface area contributed by atoms with E-state index in [0.29, 0.717) is 12.1 Å². The summed E-state index contributed by atoms with van der Waals surface area (Å²) in [5, 5.41) is 1.35. The molecular formula is C15H20N2O2. The number of nitrogens with one attached hydrogen (secondary N) is 1. The van der Waals surface area contributed by atoms with Gasteiger partial charge >= 0.3 is 0 Å². The molecule has 1 heterocycles. The molecule has 0 aliphatic carbocycles. The molecule has 1 unspecified atom stereocenters. The van der Waals surface area contributed by atoms with E-state index >= 15 is 0 Å². The van der Waals surface area contributed by atoms with Gasteiger partial charge in [-0.3, -0.25) is 15.0 Å². The Hall–Kier alpha value is -2.10. The van der Waals surface area contributed by atoms with Crippen molar-refractivity contribution in [1.82, 2.24) is 5.43 Å². The predicted octanol–water partition coefficient (Wildman–Crippen LogP) is 2.67. The number of amides is 2. The molecule has 1 aromatic carbocycles. The van der Waals surface area contributed by atoms with Crippen LogP contribution in [0.2, 0.25) is 0 Å². The Morgan fingerprint density at radius 1 is 1.21 bits per heavy atom. The zero-order valence-corrected chi connectivity index (χ0v) is 11.3. The molecular weight excluding hydrogens is 240 g/mol. The molecule has 0 radical (unpaired) electrons. The molecule has 1 atom stereocenters. The largest absolute Gasteiger partial charge is 0.272 e. The molecule has 0 aromatic heterocycles. The van der Waals surface area contributed by atoms with Gasteiger partial charge < -0.3 is 0 Å². The smallest absolute Gasteiger partial charge is 0.258 e. The average molecular weight is 260 g/mol. The number of nitrogens with zero attached hydrogens (tertiary/aromatic N) is 1. The fourth-order valence-electron chi connectivity index (χ4n) is 1.94. The third-order valence-corrected chi connectivity index (χ3v) is 2.92. The normalized spacial score (nSPS) is 17.7. The first kappa shape index (κ1) is 15.0. The lowest BCUT2D eigenvalue weighted by Gasteiger charge is -2.14. The van der Waals surface area contributed by atoms with Crippen molar-refractivity contribution in [3.63, 3.8) is 0 Å². The van der Waals surface area contributed by atoms with Gasteiger partial charge in [0.05, 0.1) is 5.69 Å². The molecule has 4 nitrogen and oxygen atoms in total. The maximum Gasteiger partial charge on any atom is 0.258 e. The van der Waals surface area contributed by atoms with E-state index in [1.54, 1.807) is 12.1 Å². The second-order valence-corrected chi connectivity index (χ2v) is 4.18. The van der Waals surface area contributed by atoms with Gasteiger partial charge in [0.25, 0.3) is 11.8 Å². The zero-order chi connectivity index (χ0) is 14.3. The Labute approximate surface area is 114 Å². The van der Waals surface area contributed by atoms with Crippen LogP contribution in [-0.2, 0) is 9.59 Å². The van der Waals surface area contributed by atoms with E-state index in [4.69, 9.17) is 0 Å². The van der Waals surface area contributed by atoms with E-state index in [0.717, 1.165) is 12.8 Å². The second-order valence-electron chi connectivity index (χ2n) is 4.18. The first-order valence-electron chi connectivity index (χ1n) is 6.43. The number of hydrogen-bond acceptors (Lipinski definition) is 2. The fourth-order valence-corrected chi connectivity index (χ4v) is 1.94. The minimum atomic E-state index is -0.518. The number of carbonyl (C=O) groups is 2. The van der Waals surface area contributed by atoms with Gasteiger partial charge in [-0.25, -0.2) is 5.01 Å². The van der Waals surface area contributed by atoms with Gasteiger partial charge in [-0.05, 0) is 18.6 Å². The van der Waals surface area contributed by atoms with E-state index < -0.39 is 5.92 Å². The molecule has 1 aromatic rings. The summed E-state index contributed by atoms with van der Waals surface area (Å²) in [5.74, 6) is -0.850. The van der Waals surface area contributed by atoms with Crippen molar-refractivity contribution >= 4 is 17.5 Å². The van der Waals surface area contributed by atoms with Crippen molar-refractivity contribution in [3.8, 4) is 0 Å². The average Bonchev–Trinajstić information content (AvgIpc) is 2.75. The molecule has 1 saturated heterocycles. The lowest BCUT2D eigenvalue weighted by atomic mass is 10.0. The monoisotopic (exact) mass is 260 g/mol. The van der Waals surface area contributed by atoms with Crippen LogP contribution in [0.1, 0.15) is 26.2 Å². The van der Waals surface area contributed by atoms with E-state index in [1.807, 2.05) is 25.1 Å². The van der Waals surface area contributed by atoms with E-state index in [1.165, 1.54) is 5.01 Å². The summed E-state index contributed by atoms with van der Waals surface area (Å²) in [5.41, 5.74) is 3.34. The van der Waals surface area contributed by atoms with Crippen LogP contribution in [0, 0.1) is 5.92 Å². The van der Waals surface area contributed by atoms with Crippen molar-refractivity contribution in [2.75, 3.05) is 5.01 Å². The number of unbranched alkanes of at least 4 members (excludes halogenated alkanes) is 1. The third kappa shape index (κ3) is 3.44. The summed E-state index contributed by atoms with van der Waals surface area (Å²) in [6.07, 6.45) is 2.51. The number of hydrogen-bond donors (Lipinski definition) is 1. The number of rotatable bonds is 4. The molecule has 19 heavy (non-hydrogen) atoms. The van der Waals surface area contributed by atoms with E-state index in [9.17, 15) is 9.59 Å². The van der Waals surface area contributed by atoms with Gasteiger partial charge in [-0.2, -0.15) is 0 Å². The first-order chi connectivity index (χ1) is 9.24. The quantitative estimate of drug-likeness (QED) is 0.668. The van der Waals surface area contributed by atoms with Crippen LogP contribution >= 0.6 is 0 Å². The molecule has 2 rings (SSSR count). The molecule has 1 fully saturated rings. The molecule has 1 aliphatic heterocycles. The Morgan fingerprint density at radius 3 is 2.42 bits per heavy atom. The molecule has 0 spiro atoms. The maximum atomic E-state index is 12.1. The second kappa shape index (κ2) is 7.36. The lowest BCUT2D eigenvalue weighted by Crippen LogP contribution is -2.35. The highest BCUT2D eigenvalue weighted by Gasteiger charge is 2.39. The SMILES string of the molecule is C=C.CCCCC1C(=O)NN(c2ccccc2)C1=O. The molecule has 1 aliphatic rings. The topological polar surface area (TPSA) is 49.4 Å². The highest BCUT2D eigenvalue weighted by Crippen LogP contribution is 2.22. The summed E-state index contributed by atoms with van der Waals surface area (Å²) < 4.78 is 0. The lowest BCUT2D eigenvalue weighted by molar-refractivity contribution is -0.127. The standard InChI is InChI=1S/C13H16N2O2.C2H4/c1-2-3-9-11-12(16)14-15(13(11)17)10-7-5-4-6-8-10;1-2/h4-8,11H,2-3,9H2,1H3,(H,14,16);1-2H2. The Morgan fingerprint density at radius 2 is 1.84 bits per heavy atom. The number of benzene rings is 1. The molecule has 0 saturated carbocycles. The zero-order valence-electron chi connectivity index (χ0n) is 11.3. The first-order valence-corrected chi connectivity index (χ1v) is 6.43. The van der Waals surface area contributed by atoms with Gasteiger partial charge in [0, 0.05) is 0 Å². The molecule has 2 amide bonds. The fraction of sp³-hybridized carbons (Fsp3) is 0.333. The molecule has 1 N–H and O–H groups in total.